The van der Waals surface area contributed by atoms with Crippen molar-refractivity contribution in [2.75, 3.05) is 5.32 Å². The van der Waals surface area contributed by atoms with Crippen LogP contribution in [0.25, 0.3) is 0 Å². The van der Waals surface area contributed by atoms with Gasteiger partial charge in [-0.1, -0.05) is 36.5 Å². The summed E-state index contributed by atoms with van der Waals surface area (Å²) in [6, 6.07) is 5.20. The molecule has 3 N–H and O–H groups in total. The first-order valence-corrected chi connectivity index (χ1v) is 7.17. The molecule has 3 nitrogen and oxygen atoms in total. The molecule has 0 saturated carbocycles. The Bertz CT molecular complexity index is 435. The summed E-state index contributed by atoms with van der Waals surface area (Å²) in [5, 5.41) is 3.81. The smallest absolute Gasteiger partial charge is 0.227 e. The molecule has 1 rings (SSSR count). The Labute approximate surface area is 124 Å². The van der Waals surface area contributed by atoms with E-state index in [0.29, 0.717) is 15.7 Å². The molecule has 0 aliphatic carbocycles. The van der Waals surface area contributed by atoms with Crippen LogP contribution in [0.4, 0.5) is 5.69 Å². The third kappa shape index (κ3) is 5.81. The maximum Gasteiger partial charge on any atom is 0.227 e. The lowest BCUT2D eigenvalue weighted by molar-refractivity contribution is -0.119. The second-order valence-electron chi connectivity index (χ2n) is 4.92. The van der Waals surface area contributed by atoms with Crippen LogP contribution in [0.2, 0.25) is 10.0 Å². The van der Waals surface area contributed by atoms with Crippen molar-refractivity contribution in [1.82, 2.24) is 0 Å². The van der Waals surface area contributed by atoms with Crippen LogP contribution in [0.15, 0.2) is 18.2 Å². The molecule has 106 valence electrons. The predicted octanol–water partition coefficient (Wildman–Crippen LogP) is 4.09. The van der Waals surface area contributed by atoms with E-state index in [1.54, 1.807) is 18.2 Å². The Hall–Kier alpha value is -0.770. The van der Waals surface area contributed by atoms with E-state index in [0.717, 1.165) is 19.3 Å². The average Bonchev–Trinajstić information content (AvgIpc) is 2.32. The minimum absolute atomic E-state index is 0.0334. The molecule has 1 amide bonds. The van der Waals surface area contributed by atoms with Crippen molar-refractivity contribution < 1.29 is 4.79 Å². The second-order valence-corrected chi connectivity index (χ2v) is 5.77. The summed E-state index contributed by atoms with van der Waals surface area (Å²) in [5.74, 6) is -0.0978. The Morgan fingerprint density at radius 3 is 2.58 bits per heavy atom. The predicted molar refractivity (Wildman–Crippen MR) is 81.8 cm³/mol. The standard InChI is InChI=1S/C14H20Cl2N2O/c1-9(4-3-5-10(2)17)14(19)18-13-7-6-11(15)8-12(13)16/h6-10H,3-5,17H2,1-2H3,(H,18,19). The van der Waals surface area contributed by atoms with E-state index < -0.39 is 0 Å². The number of amides is 1. The van der Waals surface area contributed by atoms with Crippen LogP contribution < -0.4 is 11.1 Å². The van der Waals surface area contributed by atoms with Crippen molar-refractivity contribution in [3.8, 4) is 0 Å². The van der Waals surface area contributed by atoms with Crippen LogP contribution in [0, 0.1) is 5.92 Å². The first kappa shape index (κ1) is 16.3. The number of nitrogens with one attached hydrogen (secondary N) is 1. The van der Waals surface area contributed by atoms with Crippen LogP contribution in [0.3, 0.4) is 0 Å². The van der Waals surface area contributed by atoms with Crippen LogP contribution in [-0.2, 0) is 4.79 Å². The van der Waals surface area contributed by atoms with Gasteiger partial charge in [-0.2, -0.15) is 0 Å². The Morgan fingerprint density at radius 1 is 1.32 bits per heavy atom. The maximum atomic E-state index is 12.0. The van der Waals surface area contributed by atoms with Gasteiger partial charge in [0, 0.05) is 17.0 Å². The number of rotatable bonds is 6. The van der Waals surface area contributed by atoms with E-state index in [4.69, 9.17) is 28.9 Å². The van der Waals surface area contributed by atoms with E-state index in [1.807, 2.05) is 13.8 Å². The van der Waals surface area contributed by atoms with Gasteiger partial charge in [0.15, 0.2) is 0 Å². The maximum absolute atomic E-state index is 12.0. The van der Waals surface area contributed by atoms with E-state index in [2.05, 4.69) is 5.32 Å². The van der Waals surface area contributed by atoms with E-state index in [9.17, 15) is 4.79 Å². The fraction of sp³-hybridized carbons (Fsp3) is 0.500. The van der Waals surface area contributed by atoms with Crippen LogP contribution in [-0.4, -0.2) is 11.9 Å². The molecular formula is C14H20Cl2N2O. The lowest BCUT2D eigenvalue weighted by atomic mass is 10.0. The van der Waals surface area contributed by atoms with Gasteiger partial charge >= 0.3 is 0 Å². The molecule has 0 saturated heterocycles. The number of carbonyl (C=O) groups excluding carboxylic acids is 1. The normalized spacial score (nSPS) is 13.9. The molecule has 0 spiro atoms. The summed E-state index contributed by atoms with van der Waals surface area (Å²) >= 11 is 11.8. The van der Waals surface area contributed by atoms with Gasteiger partial charge in [-0.05, 0) is 38.0 Å². The third-order valence-corrected chi connectivity index (χ3v) is 3.48. The van der Waals surface area contributed by atoms with Gasteiger partial charge < -0.3 is 11.1 Å². The fourth-order valence-electron chi connectivity index (χ4n) is 1.72. The summed E-state index contributed by atoms with van der Waals surface area (Å²) in [5.41, 5.74) is 6.27. The molecule has 2 atom stereocenters. The quantitative estimate of drug-likeness (QED) is 0.831. The van der Waals surface area contributed by atoms with Gasteiger partial charge in [0.05, 0.1) is 10.7 Å². The Morgan fingerprint density at radius 2 is 2.00 bits per heavy atom. The van der Waals surface area contributed by atoms with Gasteiger partial charge in [0.25, 0.3) is 0 Å². The molecular weight excluding hydrogens is 283 g/mol. The van der Waals surface area contributed by atoms with Crippen molar-refractivity contribution in [3.63, 3.8) is 0 Å². The van der Waals surface area contributed by atoms with Gasteiger partial charge in [0.1, 0.15) is 0 Å². The minimum Gasteiger partial charge on any atom is -0.328 e. The zero-order valence-corrected chi connectivity index (χ0v) is 12.8. The number of benzene rings is 1. The highest BCUT2D eigenvalue weighted by Crippen LogP contribution is 2.26. The van der Waals surface area contributed by atoms with Gasteiger partial charge in [-0.3, -0.25) is 4.79 Å². The van der Waals surface area contributed by atoms with Crippen molar-refractivity contribution in [2.24, 2.45) is 11.7 Å². The van der Waals surface area contributed by atoms with Crippen molar-refractivity contribution in [1.29, 1.82) is 0 Å². The van der Waals surface area contributed by atoms with Crippen LogP contribution >= 0.6 is 23.2 Å². The highest BCUT2D eigenvalue weighted by Gasteiger charge is 2.14. The van der Waals surface area contributed by atoms with Gasteiger partial charge in [0.2, 0.25) is 5.91 Å². The highest BCUT2D eigenvalue weighted by molar-refractivity contribution is 6.36. The first-order valence-electron chi connectivity index (χ1n) is 6.41. The molecule has 0 radical (unpaired) electrons. The first-order chi connectivity index (χ1) is 8.90. The van der Waals surface area contributed by atoms with Crippen molar-refractivity contribution in [2.45, 2.75) is 39.2 Å². The number of halogens is 2. The molecule has 1 aromatic carbocycles. The molecule has 0 heterocycles. The van der Waals surface area contributed by atoms with E-state index in [1.165, 1.54) is 0 Å². The average molecular weight is 303 g/mol. The SMILES string of the molecule is CC(N)CCCC(C)C(=O)Nc1ccc(Cl)cc1Cl. The summed E-state index contributed by atoms with van der Waals surface area (Å²) in [6.07, 6.45) is 2.69. The third-order valence-electron chi connectivity index (χ3n) is 2.93. The van der Waals surface area contributed by atoms with E-state index >= 15 is 0 Å². The van der Waals surface area contributed by atoms with Crippen LogP contribution in [0.1, 0.15) is 33.1 Å². The molecule has 0 fully saturated rings. The van der Waals surface area contributed by atoms with Gasteiger partial charge in [-0.15, -0.1) is 0 Å². The topological polar surface area (TPSA) is 55.1 Å². The zero-order valence-electron chi connectivity index (χ0n) is 11.2. The summed E-state index contributed by atoms with van der Waals surface area (Å²) < 4.78 is 0. The largest absolute Gasteiger partial charge is 0.328 e. The van der Waals surface area contributed by atoms with Crippen molar-refractivity contribution >= 4 is 34.8 Å². The molecule has 19 heavy (non-hydrogen) atoms. The molecule has 0 aliphatic heterocycles. The molecule has 0 aromatic heterocycles. The molecule has 0 bridgehead atoms. The van der Waals surface area contributed by atoms with Crippen molar-refractivity contribution in [3.05, 3.63) is 28.2 Å². The minimum atomic E-state index is -0.0644. The Kier molecular flexibility index (Phi) is 6.63. The monoisotopic (exact) mass is 302 g/mol. The van der Waals surface area contributed by atoms with Gasteiger partial charge in [-0.25, -0.2) is 0 Å². The number of carbonyl (C=O) groups is 1. The van der Waals surface area contributed by atoms with Crippen LogP contribution in [0.5, 0.6) is 0 Å². The molecule has 5 heteroatoms. The number of nitrogens with two attached hydrogens (primary N) is 1. The fourth-order valence-corrected chi connectivity index (χ4v) is 2.18. The number of anilines is 1. The zero-order chi connectivity index (χ0) is 14.4. The summed E-state index contributed by atoms with van der Waals surface area (Å²) in [6.45, 7) is 3.87. The second kappa shape index (κ2) is 7.73. The number of hydrogen-bond donors (Lipinski definition) is 2. The molecule has 0 aliphatic rings. The molecule has 1 aromatic rings. The van der Waals surface area contributed by atoms with E-state index in [-0.39, 0.29) is 17.9 Å². The summed E-state index contributed by atoms with van der Waals surface area (Å²) in [4.78, 5) is 12.0. The summed E-state index contributed by atoms with van der Waals surface area (Å²) in [7, 11) is 0. The highest BCUT2D eigenvalue weighted by atomic mass is 35.5. The lowest BCUT2D eigenvalue weighted by Crippen LogP contribution is -2.21. The Balaban J connectivity index is 2.49. The number of hydrogen-bond acceptors (Lipinski definition) is 2. The molecule has 2 unspecified atom stereocenters. The lowest BCUT2D eigenvalue weighted by Gasteiger charge is -2.13.